The topological polar surface area (TPSA) is 0 Å². The summed E-state index contributed by atoms with van der Waals surface area (Å²) in [6, 6.07) is 17.3. The van der Waals surface area contributed by atoms with Gasteiger partial charge >= 0.3 is 0 Å². The van der Waals surface area contributed by atoms with E-state index in [1.807, 2.05) is 0 Å². The Morgan fingerprint density at radius 2 is 1.56 bits per heavy atom. The van der Waals surface area contributed by atoms with Gasteiger partial charge in [-0.2, -0.15) is 0 Å². The predicted molar refractivity (Wildman–Crippen MR) is 82.7 cm³/mol. The van der Waals surface area contributed by atoms with Crippen molar-refractivity contribution in [3.63, 3.8) is 0 Å². The molecule has 0 nitrogen and oxygen atoms in total. The van der Waals surface area contributed by atoms with Crippen LogP contribution < -0.4 is 0 Å². The van der Waals surface area contributed by atoms with E-state index in [-0.39, 0.29) is 14.9 Å². The SMILES string of the molecule is C.C.C1=Cc2cc(-c3ccccc3)ccc2CC1. The summed E-state index contributed by atoms with van der Waals surface area (Å²) in [5.74, 6) is 0. The van der Waals surface area contributed by atoms with E-state index in [0.717, 1.165) is 0 Å². The average Bonchev–Trinajstić information content (AvgIpc) is 2.39. The Bertz CT molecular complexity index is 521. The maximum absolute atomic E-state index is 2.29. The number of aryl methyl sites for hydroxylation is 1. The molecule has 94 valence electrons. The first-order valence-electron chi connectivity index (χ1n) is 5.78. The predicted octanol–water partition coefficient (Wildman–Crippen LogP) is 5.59. The lowest BCUT2D eigenvalue weighted by Gasteiger charge is -2.12. The molecule has 0 amide bonds. The fourth-order valence-corrected chi connectivity index (χ4v) is 2.24. The van der Waals surface area contributed by atoms with E-state index in [2.05, 4.69) is 60.7 Å². The maximum atomic E-state index is 2.29. The van der Waals surface area contributed by atoms with Crippen LogP contribution >= 0.6 is 0 Å². The first-order chi connectivity index (χ1) is 7.93. The summed E-state index contributed by atoms with van der Waals surface area (Å²) in [6.07, 6.45) is 6.86. The lowest BCUT2D eigenvalue weighted by Crippen LogP contribution is -1.93. The highest BCUT2D eigenvalue weighted by molar-refractivity contribution is 5.69. The third-order valence-electron chi connectivity index (χ3n) is 3.13. The molecule has 0 heteroatoms. The van der Waals surface area contributed by atoms with Gasteiger partial charge in [-0.05, 0) is 41.2 Å². The number of hydrogen-bond acceptors (Lipinski definition) is 0. The minimum atomic E-state index is 0. The Morgan fingerprint density at radius 3 is 2.33 bits per heavy atom. The van der Waals surface area contributed by atoms with Crippen LogP contribution in [0.25, 0.3) is 17.2 Å². The standard InChI is InChI=1S/C16H14.2CH4/c1-2-6-13(7-3-1)16-11-10-14-8-4-5-9-15(14)12-16;;/h1-3,5-7,9-12H,4,8H2;2*1H4. The van der Waals surface area contributed by atoms with Crippen molar-refractivity contribution in [2.45, 2.75) is 27.7 Å². The summed E-state index contributed by atoms with van der Waals surface area (Å²) in [6.45, 7) is 0. The van der Waals surface area contributed by atoms with E-state index in [9.17, 15) is 0 Å². The molecule has 3 rings (SSSR count). The molecule has 2 aromatic rings. The molecule has 0 unspecified atom stereocenters. The molecule has 0 radical (unpaired) electrons. The fraction of sp³-hybridized carbons (Fsp3) is 0.222. The molecule has 1 aliphatic rings. The molecule has 0 bridgehead atoms. The third-order valence-corrected chi connectivity index (χ3v) is 3.13. The van der Waals surface area contributed by atoms with Crippen LogP contribution in [0, 0.1) is 0 Å². The van der Waals surface area contributed by atoms with Crippen LogP contribution in [0.3, 0.4) is 0 Å². The van der Waals surface area contributed by atoms with Gasteiger partial charge in [0.25, 0.3) is 0 Å². The maximum Gasteiger partial charge on any atom is -0.0178 e. The van der Waals surface area contributed by atoms with Gasteiger partial charge in [0, 0.05) is 0 Å². The zero-order chi connectivity index (χ0) is 10.8. The molecule has 0 saturated heterocycles. The molecule has 2 aromatic carbocycles. The molecule has 0 aromatic heterocycles. The largest absolute Gasteiger partial charge is 0.0836 e. The highest BCUT2D eigenvalue weighted by atomic mass is 14.1. The Labute approximate surface area is 111 Å². The van der Waals surface area contributed by atoms with E-state index in [1.54, 1.807) is 0 Å². The fourth-order valence-electron chi connectivity index (χ4n) is 2.24. The second kappa shape index (κ2) is 6.20. The summed E-state index contributed by atoms with van der Waals surface area (Å²) in [7, 11) is 0. The second-order valence-electron chi connectivity index (χ2n) is 4.22. The van der Waals surface area contributed by atoms with E-state index in [0.29, 0.717) is 0 Å². The zero-order valence-electron chi connectivity index (χ0n) is 9.19. The van der Waals surface area contributed by atoms with E-state index in [4.69, 9.17) is 0 Å². The molecule has 0 saturated carbocycles. The van der Waals surface area contributed by atoms with Crippen LogP contribution in [0.1, 0.15) is 32.4 Å². The Morgan fingerprint density at radius 1 is 0.778 bits per heavy atom. The number of allylic oxidation sites excluding steroid dienone is 1. The van der Waals surface area contributed by atoms with Gasteiger partial charge in [0.15, 0.2) is 0 Å². The molecule has 0 N–H and O–H groups in total. The molecule has 0 fully saturated rings. The molecule has 0 atom stereocenters. The molecular formula is C18H22. The van der Waals surface area contributed by atoms with Crippen molar-refractivity contribution in [2.75, 3.05) is 0 Å². The molecule has 0 aliphatic heterocycles. The zero-order valence-corrected chi connectivity index (χ0v) is 9.19. The van der Waals surface area contributed by atoms with Crippen LogP contribution in [0.2, 0.25) is 0 Å². The van der Waals surface area contributed by atoms with Crippen molar-refractivity contribution >= 4 is 6.08 Å². The van der Waals surface area contributed by atoms with Gasteiger partial charge in [-0.1, -0.05) is 69.5 Å². The quantitative estimate of drug-likeness (QED) is 0.608. The molecule has 0 spiro atoms. The highest BCUT2D eigenvalue weighted by Gasteiger charge is 2.05. The lowest BCUT2D eigenvalue weighted by molar-refractivity contribution is 0.986. The van der Waals surface area contributed by atoms with Gasteiger partial charge < -0.3 is 0 Å². The van der Waals surface area contributed by atoms with E-state index in [1.165, 1.54) is 35.1 Å². The number of benzene rings is 2. The third kappa shape index (κ3) is 2.70. The number of fused-ring (bicyclic) bond motifs is 1. The van der Waals surface area contributed by atoms with Gasteiger partial charge in [-0.15, -0.1) is 0 Å². The van der Waals surface area contributed by atoms with Gasteiger partial charge in [0.1, 0.15) is 0 Å². The average molecular weight is 238 g/mol. The van der Waals surface area contributed by atoms with Crippen LogP contribution in [0.4, 0.5) is 0 Å². The second-order valence-corrected chi connectivity index (χ2v) is 4.22. The molecule has 18 heavy (non-hydrogen) atoms. The smallest absolute Gasteiger partial charge is 0.0178 e. The van der Waals surface area contributed by atoms with Crippen LogP contribution in [0.15, 0.2) is 54.6 Å². The first kappa shape index (κ1) is 14.2. The van der Waals surface area contributed by atoms with Gasteiger partial charge in [0.05, 0.1) is 0 Å². The Hall–Kier alpha value is -1.82. The van der Waals surface area contributed by atoms with Gasteiger partial charge in [-0.25, -0.2) is 0 Å². The minimum absolute atomic E-state index is 0. The first-order valence-corrected chi connectivity index (χ1v) is 5.78. The summed E-state index contributed by atoms with van der Waals surface area (Å²) in [5, 5.41) is 0. The van der Waals surface area contributed by atoms with Crippen LogP contribution in [-0.4, -0.2) is 0 Å². The molecule has 1 aliphatic carbocycles. The highest BCUT2D eigenvalue weighted by Crippen LogP contribution is 2.26. The normalized spacial score (nSPS) is 12.0. The summed E-state index contributed by atoms with van der Waals surface area (Å²) < 4.78 is 0. The summed E-state index contributed by atoms with van der Waals surface area (Å²) in [5.41, 5.74) is 5.46. The molecule has 0 heterocycles. The van der Waals surface area contributed by atoms with Crippen molar-refractivity contribution in [1.82, 2.24) is 0 Å². The van der Waals surface area contributed by atoms with Gasteiger partial charge in [0.2, 0.25) is 0 Å². The molecular weight excluding hydrogens is 216 g/mol. The van der Waals surface area contributed by atoms with E-state index >= 15 is 0 Å². The monoisotopic (exact) mass is 238 g/mol. The van der Waals surface area contributed by atoms with Crippen molar-refractivity contribution < 1.29 is 0 Å². The lowest BCUT2D eigenvalue weighted by atomic mass is 9.93. The summed E-state index contributed by atoms with van der Waals surface area (Å²) in [4.78, 5) is 0. The minimum Gasteiger partial charge on any atom is -0.0836 e. The van der Waals surface area contributed by atoms with Crippen molar-refractivity contribution in [3.05, 3.63) is 65.7 Å². The van der Waals surface area contributed by atoms with Crippen LogP contribution in [0.5, 0.6) is 0 Å². The van der Waals surface area contributed by atoms with Crippen molar-refractivity contribution in [2.24, 2.45) is 0 Å². The number of rotatable bonds is 1. The van der Waals surface area contributed by atoms with Crippen LogP contribution in [-0.2, 0) is 6.42 Å². The number of hydrogen-bond donors (Lipinski definition) is 0. The Kier molecular flexibility index (Phi) is 4.91. The van der Waals surface area contributed by atoms with Crippen molar-refractivity contribution in [3.8, 4) is 11.1 Å². The van der Waals surface area contributed by atoms with Gasteiger partial charge in [-0.3, -0.25) is 0 Å². The van der Waals surface area contributed by atoms with E-state index < -0.39 is 0 Å². The Balaban J connectivity index is 0.000000810. The van der Waals surface area contributed by atoms with Crippen molar-refractivity contribution in [1.29, 1.82) is 0 Å². The summed E-state index contributed by atoms with van der Waals surface area (Å²) >= 11 is 0.